The second-order valence-corrected chi connectivity index (χ2v) is 7.39. The summed E-state index contributed by atoms with van der Waals surface area (Å²) in [6, 6.07) is 7.24. The lowest BCUT2D eigenvalue weighted by Gasteiger charge is -2.25. The number of carbonyl (C=O) groups is 1. The minimum absolute atomic E-state index is 0.190. The van der Waals surface area contributed by atoms with Crippen LogP contribution >= 0.6 is 0 Å². The zero-order valence-corrected chi connectivity index (χ0v) is 13.5. The third-order valence-corrected chi connectivity index (χ3v) is 3.75. The molecule has 0 aromatic heterocycles. The van der Waals surface area contributed by atoms with Crippen LogP contribution in [0.15, 0.2) is 24.3 Å². The molecule has 1 rings (SSSR count). The first-order valence-corrected chi connectivity index (χ1v) is 8.59. The Morgan fingerprint density at radius 2 is 1.90 bits per heavy atom. The molecule has 0 unspecified atom stereocenters. The van der Waals surface area contributed by atoms with Crippen molar-refractivity contribution in [2.24, 2.45) is 5.73 Å². The average molecular weight is 313 g/mol. The Morgan fingerprint density at radius 3 is 2.48 bits per heavy atom. The molecule has 0 fully saturated rings. The Bertz CT molecular complexity index is 597. The highest BCUT2D eigenvalue weighted by atomic mass is 32.2. The Kier molecular flexibility index (Phi) is 5.88. The highest BCUT2D eigenvalue weighted by molar-refractivity contribution is 7.88. The largest absolute Gasteiger partial charge is 0.350 e. The molecule has 4 N–H and O–H groups in total. The number of hydrogen-bond donors (Lipinski definition) is 3. The van der Waals surface area contributed by atoms with E-state index in [0.717, 1.165) is 11.8 Å². The standard InChI is InChI=1S/C14H23N3O3S/c1-14(2,17-21(3,19)20)10-16-13(18)12-7-5-4-6-11(12)8-9-15/h4-7,17H,8-10,15H2,1-3H3,(H,16,18). The van der Waals surface area contributed by atoms with Crippen LogP contribution in [0.1, 0.15) is 29.8 Å². The van der Waals surface area contributed by atoms with E-state index >= 15 is 0 Å². The van der Waals surface area contributed by atoms with Crippen LogP contribution in [0, 0.1) is 0 Å². The van der Waals surface area contributed by atoms with Crippen LogP contribution in [0.2, 0.25) is 0 Å². The van der Waals surface area contributed by atoms with Crippen LogP contribution in [-0.4, -0.2) is 39.2 Å². The zero-order valence-electron chi connectivity index (χ0n) is 12.6. The SMILES string of the molecule is CC(C)(CNC(=O)c1ccccc1CCN)NS(C)(=O)=O. The van der Waals surface area contributed by atoms with Gasteiger partial charge in [0.05, 0.1) is 6.26 Å². The Morgan fingerprint density at radius 1 is 1.29 bits per heavy atom. The van der Waals surface area contributed by atoms with Gasteiger partial charge in [0, 0.05) is 17.6 Å². The first-order chi connectivity index (χ1) is 9.64. The van der Waals surface area contributed by atoms with Crippen molar-refractivity contribution in [3.05, 3.63) is 35.4 Å². The van der Waals surface area contributed by atoms with Crippen LogP contribution in [0.4, 0.5) is 0 Å². The zero-order chi connectivity index (χ0) is 16.1. The van der Waals surface area contributed by atoms with Crippen molar-refractivity contribution in [3.8, 4) is 0 Å². The molecule has 118 valence electrons. The molecule has 0 radical (unpaired) electrons. The molecular weight excluding hydrogens is 290 g/mol. The summed E-state index contributed by atoms with van der Waals surface area (Å²) in [4.78, 5) is 12.2. The van der Waals surface area contributed by atoms with Crippen LogP contribution in [-0.2, 0) is 16.4 Å². The summed E-state index contributed by atoms with van der Waals surface area (Å²) in [5, 5.41) is 2.75. The maximum Gasteiger partial charge on any atom is 0.251 e. The molecule has 1 amide bonds. The van der Waals surface area contributed by atoms with E-state index in [1.165, 1.54) is 0 Å². The van der Waals surface area contributed by atoms with Gasteiger partial charge in [0.2, 0.25) is 10.0 Å². The Labute approximate surface area is 126 Å². The number of carbonyl (C=O) groups excluding carboxylic acids is 1. The number of benzene rings is 1. The topological polar surface area (TPSA) is 101 Å². The molecule has 21 heavy (non-hydrogen) atoms. The van der Waals surface area contributed by atoms with Gasteiger partial charge in [-0.1, -0.05) is 18.2 Å². The predicted octanol–water partition coefficient (Wildman–Crippen LogP) is 0.245. The molecule has 0 bridgehead atoms. The minimum Gasteiger partial charge on any atom is -0.350 e. The van der Waals surface area contributed by atoms with E-state index in [4.69, 9.17) is 5.73 Å². The summed E-state index contributed by atoms with van der Waals surface area (Å²) in [5.74, 6) is -0.234. The summed E-state index contributed by atoms with van der Waals surface area (Å²) >= 11 is 0. The number of sulfonamides is 1. The average Bonchev–Trinajstić information content (AvgIpc) is 2.34. The molecule has 0 saturated heterocycles. The lowest BCUT2D eigenvalue weighted by Crippen LogP contribution is -2.51. The van der Waals surface area contributed by atoms with E-state index in [1.807, 2.05) is 12.1 Å². The molecule has 0 saturated carbocycles. The van der Waals surface area contributed by atoms with Gasteiger partial charge in [0.25, 0.3) is 5.91 Å². The van der Waals surface area contributed by atoms with Gasteiger partial charge in [0.1, 0.15) is 0 Å². The van der Waals surface area contributed by atoms with Gasteiger partial charge in [-0.2, -0.15) is 0 Å². The number of hydrogen-bond acceptors (Lipinski definition) is 4. The van der Waals surface area contributed by atoms with Gasteiger partial charge in [-0.3, -0.25) is 4.79 Å². The molecule has 0 atom stereocenters. The van der Waals surface area contributed by atoms with Crippen molar-refractivity contribution in [1.82, 2.24) is 10.0 Å². The second-order valence-electron chi connectivity index (χ2n) is 5.64. The van der Waals surface area contributed by atoms with Gasteiger partial charge in [-0.15, -0.1) is 0 Å². The molecule has 0 aliphatic carbocycles. The predicted molar refractivity (Wildman–Crippen MR) is 83.6 cm³/mol. The van der Waals surface area contributed by atoms with Crippen LogP contribution in [0.25, 0.3) is 0 Å². The number of amides is 1. The molecule has 0 spiro atoms. The molecule has 1 aromatic carbocycles. The molecule has 0 aliphatic heterocycles. The quantitative estimate of drug-likeness (QED) is 0.671. The normalized spacial score (nSPS) is 12.2. The molecule has 7 heteroatoms. The lowest BCUT2D eigenvalue weighted by atomic mass is 10.0. The summed E-state index contributed by atoms with van der Waals surface area (Å²) in [6.07, 6.45) is 1.71. The fraction of sp³-hybridized carbons (Fsp3) is 0.500. The third-order valence-electron chi connectivity index (χ3n) is 2.83. The van der Waals surface area contributed by atoms with Crippen molar-refractivity contribution in [3.63, 3.8) is 0 Å². The number of nitrogens with two attached hydrogens (primary N) is 1. The van der Waals surface area contributed by atoms with Gasteiger partial charge in [0.15, 0.2) is 0 Å². The van der Waals surface area contributed by atoms with Crippen molar-refractivity contribution in [1.29, 1.82) is 0 Å². The Balaban J connectivity index is 2.74. The van der Waals surface area contributed by atoms with Crippen molar-refractivity contribution in [2.75, 3.05) is 19.3 Å². The fourth-order valence-electron chi connectivity index (χ4n) is 2.05. The maximum absolute atomic E-state index is 12.2. The minimum atomic E-state index is -3.33. The molecular formula is C14H23N3O3S. The molecule has 0 aliphatic rings. The summed E-state index contributed by atoms with van der Waals surface area (Å²) in [5.41, 5.74) is 6.22. The van der Waals surface area contributed by atoms with E-state index in [9.17, 15) is 13.2 Å². The lowest BCUT2D eigenvalue weighted by molar-refractivity contribution is 0.0943. The van der Waals surface area contributed by atoms with Gasteiger partial charge < -0.3 is 11.1 Å². The Hall–Kier alpha value is -1.44. The second kappa shape index (κ2) is 7.02. The fourth-order valence-corrected chi connectivity index (χ4v) is 3.13. The molecule has 0 heterocycles. The van der Waals surface area contributed by atoms with Crippen molar-refractivity contribution < 1.29 is 13.2 Å². The highest BCUT2D eigenvalue weighted by Crippen LogP contribution is 2.10. The van der Waals surface area contributed by atoms with E-state index in [0.29, 0.717) is 18.5 Å². The van der Waals surface area contributed by atoms with Gasteiger partial charge in [-0.25, -0.2) is 13.1 Å². The number of rotatable bonds is 7. The monoisotopic (exact) mass is 313 g/mol. The summed E-state index contributed by atoms with van der Waals surface area (Å²) in [7, 11) is -3.33. The van der Waals surface area contributed by atoms with Crippen LogP contribution in [0.5, 0.6) is 0 Å². The van der Waals surface area contributed by atoms with E-state index in [-0.39, 0.29) is 12.5 Å². The smallest absolute Gasteiger partial charge is 0.251 e. The summed E-state index contributed by atoms with van der Waals surface area (Å²) in [6.45, 7) is 4.07. The number of nitrogens with one attached hydrogen (secondary N) is 2. The first kappa shape index (κ1) is 17.6. The highest BCUT2D eigenvalue weighted by Gasteiger charge is 2.23. The van der Waals surface area contributed by atoms with Crippen LogP contribution in [0.3, 0.4) is 0 Å². The van der Waals surface area contributed by atoms with Crippen molar-refractivity contribution >= 4 is 15.9 Å². The van der Waals surface area contributed by atoms with Crippen molar-refractivity contribution in [2.45, 2.75) is 25.8 Å². The van der Waals surface area contributed by atoms with E-state index in [1.54, 1.807) is 26.0 Å². The molecule has 1 aromatic rings. The van der Waals surface area contributed by atoms with Crippen LogP contribution < -0.4 is 15.8 Å². The van der Waals surface area contributed by atoms with Gasteiger partial charge >= 0.3 is 0 Å². The first-order valence-electron chi connectivity index (χ1n) is 6.70. The maximum atomic E-state index is 12.2. The summed E-state index contributed by atoms with van der Waals surface area (Å²) < 4.78 is 25.0. The molecule has 6 nitrogen and oxygen atoms in total. The third kappa shape index (κ3) is 6.24. The van der Waals surface area contributed by atoms with E-state index in [2.05, 4.69) is 10.0 Å². The van der Waals surface area contributed by atoms with Gasteiger partial charge in [-0.05, 0) is 38.4 Å². The van der Waals surface area contributed by atoms with E-state index < -0.39 is 15.6 Å².